The third-order valence-electron chi connectivity index (χ3n) is 2.49. The normalized spacial score (nSPS) is 10.6. The van der Waals surface area contributed by atoms with Crippen LogP contribution in [0.4, 0.5) is 0 Å². The molecule has 0 spiro atoms. The monoisotopic (exact) mass is 266 g/mol. The number of rotatable bonds is 8. The van der Waals surface area contributed by atoms with Crippen molar-refractivity contribution < 1.29 is 4.79 Å². The number of carbonyl (C=O) groups is 1. The number of hydrogen-bond acceptors (Lipinski definition) is 3. The highest BCUT2D eigenvalue weighted by atomic mass is 32.2. The highest BCUT2D eigenvalue weighted by molar-refractivity contribution is 7.99. The van der Waals surface area contributed by atoms with Gasteiger partial charge >= 0.3 is 0 Å². The summed E-state index contributed by atoms with van der Waals surface area (Å²) in [6.45, 7) is 1.74. The van der Waals surface area contributed by atoms with Gasteiger partial charge in [-0.25, -0.2) is 0 Å². The fraction of sp³-hybridized carbons (Fsp3) is 0.500. The molecule has 0 saturated carbocycles. The number of benzene rings is 1. The summed E-state index contributed by atoms with van der Waals surface area (Å²) < 4.78 is 0. The van der Waals surface area contributed by atoms with Crippen LogP contribution in [0.1, 0.15) is 5.56 Å². The second-order valence-corrected chi connectivity index (χ2v) is 5.55. The Morgan fingerprint density at radius 3 is 2.67 bits per heavy atom. The van der Waals surface area contributed by atoms with Crippen LogP contribution in [0.15, 0.2) is 30.3 Å². The van der Waals surface area contributed by atoms with Crippen LogP contribution in [0.5, 0.6) is 0 Å². The first kappa shape index (κ1) is 15.1. The van der Waals surface area contributed by atoms with E-state index < -0.39 is 0 Å². The van der Waals surface area contributed by atoms with E-state index in [2.05, 4.69) is 22.3 Å². The van der Waals surface area contributed by atoms with Gasteiger partial charge in [0.25, 0.3) is 0 Å². The third kappa shape index (κ3) is 7.35. The molecule has 1 rings (SSSR count). The Kier molecular flexibility index (Phi) is 7.53. The molecule has 0 radical (unpaired) electrons. The van der Waals surface area contributed by atoms with Gasteiger partial charge in [-0.15, -0.1) is 0 Å². The van der Waals surface area contributed by atoms with Crippen LogP contribution in [0.25, 0.3) is 0 Å². The van der Waals surface area contributed by atoms with Gasteiger partial charge in [0, 0.05) is 18.8 Å². The number of carbonyl (C=O) groups excluding carboxylic acids is 1. The van der Waals surface area contributed by atoms with Gasteiger partial charge in [0.05, 0.1) is 5.75 Å². The Morgan fingerprint density at radius 2 is 2.00 bits per heavy atom. The predicted octanol–water partition coefficient (Wildman–Crippen LogP) is 1.64. The van der Waals surface area contributed by atoms with Crippen molar-refractivity contribution in [1.29, 1.82) is 0 Å². The zero-order chi connectivity index (χ0) is 13.2. The van der Waals surface area contributed by atoms with Gasteiger partial charge in [-0.2, -0.15) is 11.8 Å². The molecule has 0 aliphatic rings. The molecular formula is C14H22N2OS. The van der Waals surface area contributed by atoms with Crippen LogP contribution in [0.2, 0.25) is 0 Å². The summed E-state index contributed by atoms with van der Waals surface area (Å²) in [5.74, 6) is 1.69. The van der Waals surface area contributed by atoms with E-state index in [-0.39, 0.29) is 5.91 Å². The Labute approximate surface area is 114 Å². The molecule has 0 atom stereocenters. The summed E-state index contributed by atoms with van der Waals surface area (Å²) in [5, 5.41) is 2.95. The minimum Gasteiger partial charge on any atom is -0.355 e. The van der Waals surface area contributed by atoms with Gasteiger partial charge in [-0.3, -0.25) is 4.79 Å². The number of nitrogens with zero attached hydrogens (tertiary/aromatic N) is 1. The summed E-state index contributed by atoms with van der Waals surface area (Å²) in [6, 6.07) is 10.2. The highest BCUT2D eigenvalue weighted by Gasteiger charge is 2.01. The van der Waals surface area contributed by atoms with Crippen LogP contribution in [0, 0.1) is 0 Å². The molecule has 0 heterocycles. The van der Waals surface area contributed by atoms with Crippen molar-refractivity contribution in [1.82, 2.24) is 10.2 Å². The van der Waals surface area contributed by atoms with E-state index in [4.69, 9.17) is 0 Å². The summed E-state index contributed by atoms with van der Waals surface area (Å²) in [5.41, 5.74) is 1.26. The van der Waals surface area contributed by atoms with Crippen molar-refractivity contribution in [3.8, 4) is 0 Å². The predicted molar refractivity (Wildman–Crippen MR) is 79.0 cm³/mol. The second-order valence-electron chi connectivity index (χ2n) is 4.44. The summed E-state index contributed by atoms with van der Waals surface area (Å²) in [6.07, 6.45) is 0.898. The standard InChI is InChI=1S/C14H22N2OS/c1-16(2)10-11-18-12-14(17)15-9-8-13-6-4-3-5-7-13/h3-7H,8-12H2,1-2H3,(H,15,17). The van der Waals surface area contributed by atoms with Crippen molar-refractivity contribution in [2.75, 3.05) is 38.7 Å². The maximum atomic E-state index is 11.5. The fourth-order valence-electron chi connectivity index (χ4n) is 1.45. The Morgan fingerprint density at radius 1 is 1.28 bits per heavy atom. The first-order chi connectivity index (χ1) is 8.68. The van der Waals surface area contributed by atoms with Crippen LogP contribution in [-0.4, -0.2) is 49.5 Å². The molecule has 0 unspecified atom stereocenters. The molecule has 1 amide bonds. The number of nitrogens with one attached hydrogen (secondary N) is 1. The van der Waals surface area contributed by atoms with E-state index >= 15 is 0 Å². The zero-order valence-electron chi connectivity index (χ0n) is 11.2. The summed E-state index contributed by atoms with van der Waals surface area (Å²) >= 11 is 1.68. The lowest BCUT2D eigenvalue weighted by atomic mass is 10.1. The average molecular weight is 266 g/mol. The van der Waals surface area contributed by atoms with E-state index in [1.54, 1.807) is 11.8 Å². The maximum Gasteiger partial charge on any atom is 0.230 e. The first-order valence-electron chi connectivity index (χ1n) is 6.21. The van der Waals surface area contributed by atoms with Crippen molar-refractivity contribution >= 4 is 17.7 Å². The lowest BCUT2D eigenvalue weighted by Gasteiger charge is -2.09. The fourth-order valence-corrected chi connectivity index (χ4v) is 2.38. The molecule has 0 aromatic heterocycles. The molecule has 0 saturated heterocycles. The van der Waals surface area contributed by atoms with Gasteiger partial charge in [0.1, 0.15) is 0 Å². The molecular weight excluding hydrogens is 244 g/mol. The number of thioether (sulfide) groups is 1. The molecule has 0 bridgehead atoms. The van der Waals surface area contributed by atoms with Crippen molar-refractivity contribution in [2.45, 2.75) is 6.42 Å². The number of amides is 1. The molecule has 4 heteroatoms. The van der Waals surface area contributed by atoms with Crippen LogP contribution in [-0.2, 0) is 11.2 Å². The van der Waals surface area contributed by atoms with E-state index in [1.165, 1.54) is 5.56 Å². The maximum absolute atomic E-state index is 11.5. The van der Waals surface area contributed by atoms with E-state index in [9.17, 15) is 4.79 Å². The molecule has 18 heavy (non-hydrogen) atoms. The number of hydrogen-bond donors (Lipinski definition) is 1. The van der Waals surface area contributed by atoms with Gasteiger partial charge in [0.2, 0.25) is 5.91 Å². The minimum absolute atomic E-state index is 0.134. The first-order valence-corrected chi connectivity index (χ1v) is 7.37. The van der Waals surface area contributed by atoms with Crippen molar-refractivity contribution in [3.63, 3.8) is 0 Å². The second kappa shape index (κ2) is 9.00. The lowest BCUT2D eigenvalue weighted by Crippen LogP contribution is -2.27. The molecule has 1 aromatic carbocycles. The summed E-state index contributed by atoms with van der Waals surface area (Å²) in [4.78, 5) is 13.7. The van der Waals surface area contributed by atoms with Crippen molar-refractivity contribution in [2.24, 2.45) is 0 Å². The third-order valence-corrected chi connectivity index (χ3v) is 3.43. The molecule has 1 N–H and O–H groups in total. The quantitative estimate of drug-likeness (QED) is 0.726. The SMILES string of the molecule is CN(C)CCSCC(=O)NCCc1ccccc1. The smallest absolute Gasteiger partial charge is 0.230 e. The van der Waals surface area contributed by atoms with E-state index in [1.807, 2.05) is 32.3 Å². The molecule has 1 aromatic rings. The highest BCUT2D eigenvalue weighted by Crippen LogP contribution is 2.00. The van der Waals surface area contributed by atoms with Crippen LogP contribution in [0.3, 0.4) is 0 Å². The minimum atomic E-state index is 0.134. The summed E-state index contributed by atoms with van der Waals surface area (Å²) in [7, 11) is 4.08. The zero-order valence-corrected chi connectivity index (χ0v) is 12.0. The van der Waals surface area contributed by atoms with E-state index in [0.717, 1.165) is 25.3 Å². The molecule has 0 aliphatic heterocycles. The largest absolute Gasteiger partial charge is 0.355 e. The Bertz CT molecular complexity index is 341. The van der Waals surface area contributed by atoms with Crippen LogP contribution >= 0.6 is 11.8 Å². The van der Waals surface area contributed by atoms with Crippen molar-refractivity contribution in [3.05, 3.63) is 35.9 Å². The Balaban J connectivity index is 2.03. The van der Waals surface area contributed by atoms with Crippen LogP contribution < -0.4 is 5.32 Å². The van der Waals surface area contributed by atoms with Gasteiger partial charge in [-0.05, 0) is 26.1 Å². The van der Waals surface area contributed by atoms with E-state index in [0.29, 0.717) is 5.75 Å². The van der Waals surface area contributed by atoms with Gasteiger partial charge in [-0.1, -0.05) is 30.3 Å². The average Bonchev–Trinajstić information content (AvgIpc) is 2.36. The molecule has 0 fully saturated rings. The lowest BCUT2D eigenvalue weighted by molar-refractivity contribution is -0.118. The van der Waals surface area contributed by atoms with Gasteiger partial charge in [0.15, 0.2) is 0 Å². The topological polar surface area (TPSA) is 32.3 Å². The molecule has 3 nitrogen and oxygen atoms in total. The molecule has 0 aliphatic carbocycles. The molecule has 100 valence electrons. The van der Waals surface area contributed by atoms with Gasteiger partial charge < -0.3 is 10.2 Å². The Hall–Kier alpha value is -1.00.